The summed E-state index contributed by atoms with van der Waals surface area (Å²) in [6.07, 6.45) is 0.339. The minimum absolute atomic E-state index is 0.248. The van der Waals surface area contributed by atoms with Crippen molar-refractivity contribution in [3.05, 3.63) is 0 Å². The number of hydrogen-bond donors (Lipinski definition) is 0. The van der Waals surface area contributed by atoms with Crippen molar-refractivity contribution in [1.82, 2.24) is 0 Å². The first-order valence-corrected chi connectivity index (χ1v) is 7.16. The molecule has 0 aromatic rings. The maximum Gasteiger partial charge on any atom is 0.373 e. The fraction of sp³-hybridized carbons (Fsp3) is 0.833. The first-order valence-electron chi connectivity index (χ1n) is 5.65. The van der Waals surface area contributed by atoms with Gasteiger partial charge in [-0.1, -0.05) is 0 Å². The Morgan fingerprint density at radius 2 is 1.71 bits per heavy atom. The highest BCUT2D eigenvalue weighted by molar-refractivity contribution is 7.52. The van der Waals surface area contributed by atoms with Gasteiger partial charge in [0.2, 0.25) is 0 Å². The van der Waals surface area contributed by atoms with Crippen LogP contribution in [0, 0.1) is 0 Å². The largest absolute Gasteiger partial charge is 0.630 e. The summed E-state index contributed by atoms with van der Waals surface area (Å²) in [4.78, 5) is 22.9. The lowest BCUT2D eigenvalue weighted by Gasteiger charge is -2.19. The van der Waals surface area contributed by atoms with Crippen LogP contribution in [0.1, 0.15) is 41.5 Å². The number of hydrogen-bond acceptors (Lipinski definition) is 4. The molecule has 100 valence electrons. The molecule has 5 heteroatoms. The highest BCUT2D eigenvalue weighted by atomic mass is 31.1. The minimum atomic E-state index is -1.70. The Bertz CT molecular complexity index is 284. The SMILES string of the molecule is CC(C)(C)OCC[P+]([O-])=CC(=O)OC(C)(C)C. The van der Waals surface area contributed by atoms with Gasteiger partial charge in [-0.2, -0.15) is 0 Å². The zero-order valence-electron chi connectivity index (χ0n) is 11.6. The molecule has 0 radical (unpaired) electrons. The third kappa shape index (κ3) is 11.8. The van der Waals surface area contributed by atoms with E-state index < -0.39 is 19.3 Å². The Balaban J connectivity index is 4.06. The lowest BCUT2D eigenvalue weighted by atomic mass is 10.2. The molecule has 0 fully saturated rings. The van der Waals surface area contributed by atoms with Crippen LogP contribution in [0.5, 0.6) is 0 Å². The summed E-state index contributed by atoms with van der Waals surface area (Å²) < 4.78 is 10.5. The molecular formula is C12H23O4P. The maximum atomic E-state index is 11.5. The quantitative estimate of drug-likeness (QED) is 0.571. The second-order valence-corrected chi connectivity index (χ2v) is 7.30. The molecule has 0 saturated carbocycles. The molecule has 0 N–H and O–H groups in total. The number of esters is 1. The summed E-state index contributed by atoms with van der Waals surface area (Å²) >= 11 is 0. The number of carbonyl (C=O) groups is 1. The lowest BCUT2D eigenvalue weighted by molar-refractivity contribution is -0.154. The maximum absolute atomic E-state index is 11.5. The van der Waals surface area contributed by atoms with E-state index in [1.165, 1.54) is 0 Å². The van der Waals surface area contributed by atoms with Crippen molar-refractivity contribution in [3.63, 3.8) is 0 Å². The van der Waals surface area contributed by atoms with Crippen molar-refractivity contribution in [3.8, 4) is 0 Å². The molecule has 0 aliphatic carbocycles. The molecule has 0 spiro atoms. The Morgan fingerprint density at radius 1 is 1.18 bits per heavy atom. The molecule has 1 atom stereocenters. The summed E-state index contributed by atoms with van der Waals surface area (Å²) in [5.74, 6) is 0.599. The van der Waals surface area contributed by atoms with E-state index in [-0.39, 0.29) is 5.60 Å². The summed E-state index contributed by atoms with van der Waals surface area (Å²) in [6, 6.07) is 0. The topological polar surface area (TPSA) is 58.6 Å². The van der Waals surface area contributed by atoms with E-state index in [2.05, 4.69) is 0 Å². The molecule has 17 heavy (non-hydrogen) atoms. The Labute approximate surface area is 105 Å². The van der Waals surface area contributed by atoms with Gasteiger partial charge >= 0.3 is 5.97 Å². The van der Waals surface area contributed by atoms with Crippen LogP contribution in [-0.2, 0) is 14.3 Å². The first-order chi connectivity index (χ1) is 7.49. The van der Waals surface area contributed by atoms with Crippen LogP contribution in [-0.4, -0.2) is 35.7 Å². The molecule has 0 rings (SSSR count). The van der Waals surface area contributed by atoms with E-state index in [1.54, 1.807) is 20.8 Å². The number of ether oxygens (including phenoxy) is 2. The van der Waals surface area contributed by atoms with E-state index in [1.807, 2.05) is 20.8 Å². The van der Waals surface area contributed by atoms with Crippen LogP contribution in [0.3, 0.4) is 0 Å². The summed E-state index contributed by atoms with van der Waals surface area (Å²) in [5, 5.41) is 0. The average molecular weight is 262 g/mol. The third-order valence-electron chi connectivity index (χ3n) is 1.50. The average Bonchev–Trinajstić information content (AvgIpc) is 1.96. The monoisotopic (exact) mass is 262 g/mol. The van der Waals surface area contributed by atoms with Crippen LogP contribution >= 0.6 is 7.77 Å². The van der Waals surface area contributed by atoms with Gasteiger partial charge in [-0.25, -0.2) is 4.79 Å². The van der Waals surface area contributed by atoms with Gasteiger partial charge in [0.1, 0.15) is 11.8 Å². The molecule has 1 unspecified atom stereocenters. The second-order valence-electron chi connectivity index (χ2n) is 5.76. The van der Waals surface area contributed by atoms with Crippen LogP contribution in [0.25, 0.3) is 0 Å². The highest BCUT2D eigenvalue weighted by Crippen LogP contribution is 2.14. The van der Waals surface area contributed by atoms with Crippen LogP contribution < -0.4 is 4.89 Å². The highest BCUT2D eigenvalue weighted by Gasteiger charge is 2.17. The standard InChI is InChI=1S/C12H23O4P/c1-11(2,3)15-7-8-17(14)9-10(13)16-12(4,5)6/h9H,7-8H2,1-6H3. The molecule has 0 saturated heterocycles. The van der Waals surface area contributed by atoms with E-state index in [4.69, 9.17) is 9.47 Å². The van der Waals surface area contributed by atoms with E-state index in [9.17, 15) is 9.69 Å². The van der Waals surface area contributed by atoms with Gasteiger partial charge in [0.15, 0.2) is 5.80 Å². The van der Waals surface area contributed by atoms with Crippen molar-refractivity contribution in [2.45, 2.75) is 52.7 Å². The zero-order valence-corrected chi connectivity index (χ0v) is 12.5. The predicted octanol–water partition coefficient (Wildman–Crippen LogP) is 1.70. The van der Waals surface area contributed by atoms with Gasteiger partial charge in [0.25, 0.3) is 0 Å². The molecule has 0 aliphatic heterocycles. The van der Waals surface area contributed by atoms with E-state index >= 15 is 0 Å². The van der Waals surface area contributed by atoms with Gasteiger partial charge in [-0.15, -0.1) is 0 Å². The number of carbonyl (C=O) groups excluding carboxylic acids is 1. The van der Waals surface area contributed by atoms with Crippen molar-refractivity contribution in [2.24, 2.45) is 0 Å². The Hall–Kier alpha value is -0.440. The third-order valence-corrected chi connectivity index (χ3v) is 2.63. The molecule has 0 bridgehead atoms. The smallest absolute Gasteiger partial charge is 0.373 e. The van der Waals surface area contributed by atoms with Gasteiger partial charge in [-0.05, 0) is 41.5 Å². The van der Waals surface area contributed by atoms with Gasteiger partial charge in [0.05, 0.1) is 20.0 Å². The molecule has 4 nitrogen and oxygen atoms in total. The Kier molecular flexibility index (Phi) is 6.31. The van der Waals surface area contributed by atoms with Crippen molar-refractivity contribution in [1.29, 1.82) is 0 Å². The van der Waals surface area contributed by atoms with Gasteiger partial charge < -0.3 is 14.4 Å². The molecular weight excluding hydrogens is 239 g/mol. The molecule has 0 aliphatic rings. The second kappa shape index (κ2) is 6.48. The Morgan fingerprint density at radius 3 is 2.12 bits per heavy atom. The van der Waals surface area contributed by atoms with Crippen LogP contribution in [0.4, 0.5) is 0 Å². The van der Waals surface area contributed by atoms with Crippen molar-refractivity contribution >= 4 is 19.5 Å². The molecule has 0 aromatic carbocycles. The summed E-state index contributed by atoms with van der Waals surface area (Å²) in [7, 11) is -1.70. The number of rotatable bonds is 4. The van der Waals surface area contributed by atoms with Crippen LogP contribution in [0.2, 0.25) is 0 Å². The van der Waals surface area contributed by atoms with Crippen molar-refractivity contribution < 1.29 is 19.2 Å². The predicted molar refractivity (Wildman–Crippen MR) is 69.4 cm³/mol. The first kappa shape index (κ1) is 16.6. The minimum Gasteiger partial charge on any atom is -0.630 e. The van der Waals surface area contributed by atoms with Gasteiger partial charge in [0, 0.05) is 0 Å². The fourth-order valence-corrected chi connectivity index (χ4v) is 1.64. The van der Waals surface area contributed by atoms with Crippen LogP contribution in [0.15, 0.2) is 0 Å². The van der Waals surface area contributed by atoms with Crippen molar-refractivity contribution in [2.75, 3.05) is 12.8 Å². The molecule has 0 heterocycles. The fourth-order valence-electron chi connectivity index (χ4n) is 0.952. The van der Waals surface area contributed by atoms with Gasteiger partial charge in [-0.3, -0.25) is 0 Å². The van der Waals surface area contributed by atoms with E-state index in [0.717, 1.165) is 5.80 Å². The summed E-state index contributed by atoms with van der Waals surface area (Å²) in [6.45, 7) is 11.5. The summed E-state index contributed by atoms with van der Waals surface area (Å²) in [5.41, 5.74) is -0.798. The molecule has 0 amide bonds. The molecule has 0 aromatic heterocycles. The zero-order chi connectivity index (χ0) is 13.7. The lowest BCUT2D eigenvalue weighted by Crippen LogP contribution is -2.25. The normalized spacial score (nSPS) is 13.7. The van der Waals surface area contributed by atoms with E-state index in [0.29, 0.717) is 12.8 Å².